The summed E-state index contributed by atoms with van der Waals surface area (Å²) in [6.07, 6.45) is 3.31. The number of unbranched alkanes of at least 4 members (excludes halogenated alkanes) is 1. The van der Waals surface area contributed by atoms with Crippen molar-refractivity contribution in [1.82, 2.24) is 4.98 Å². The van der Waals surface area contributed by atoms with Gasteiger partial charge in [-0.05, 0) is 12.8 Å². The summed E-state index contributed by atoms with van der Waals surface area (Å²) in [6, 6.07) is 0. The quantitative estimate of drug-likeness (QED) is 0.778. The van der Waals surface area contributed by atoms with Gasteiger partial charge in [0, 0.05) is 18.5 Å². The van der Waals surface area contributed by atoms with E-state index in [1.54, 1.807) is 11.3 Å². The Balaban J connectivity index is 2.60. The average Bonchev–Trinajstić information content (AvgIpc) is 2.72. The zero-order valence-corrected chi connectivity index (χ0v) is 10.4. The molecule has 1 aromatic heterocycles. The molecular weight excluding hydrogens is 208 g/mol. The Hall–Kier alpha value is -0.610. The van der Waals surface area contributed by atoms with Gasteiger partial charge < -0.3 is 10.0 Å². The Morgan fingerprint density at radius 2 is 2.20 bits per heavy atom. The largest absolute Gasteiger partial charge is 0.395 e. The summed E-state index contributed by atoms with van der Waals surface area (Å²) < 4.78 is 0. The summed E-state index contributed by atoms with van der Waals surface area (Å²) in [6.45, 7) is 6.17. The lowest BCUT2D eigenvalue weighted by atomic mass is 10.3. The van der Waals surface area contributed by atoms with E-state index in [1.807, 2.05) is 0 Å². The van der Waals surface area contributed by atoms with E-state index in [0.29, 0.717) is 6.54 Å². The van der Waals surface area contributed by atoms with Crippen molar-refractivity contribution in [2.45, 2.75) is 33.1 Å². The van der Waals surface area contributed by atoms with Gasteiger partial charge in [-0.3, -0.25) is 0 Å². The highest BCUT2D eigenvalue weighted by Crippen LogP contribution is 2.20. The van der Waals surface area contributed by atoms with Crippen molar-refractivity contribution in [3.63, 3.8) is 0 Å². The van der Waals surface area contributed by atoms with Crippen molar-refractivity contribution < 1.29 is 5.11 Å². The molecule has 1 N–H and O–H groups in total. The van der Waals surface area contributed by atoms with Crippen LogP contribution in [0.1, 0.15) is 32.4 Å². The lowest BCUT2D eigenvalue weighted by molar-refractivity contribution is 0.301. The number of thiazole rings is 1. The minimum Gasteiger partial charge on any atom is -0.395 e. The van der Waals surface area contributed by atoms with Crippen molar-refractivity contribution in [2.75, 3.05) is 24.6 Å². The van der Waals surface area contributed by atoms with E-state index in [1.165, 1.54) is 6.42 Å². The Bertz CT molecular complexity index is 275. The molecule has 4 heteroatoms. The molecular formula is C11H20N2OS. The Labute approximate surface area is 95.8 Å². The first-order chi connectivity index (χ1) is 7.31. The summed E-state index contributed by atoms with van der Waals surface area (Å²) >= 11 is 1.68. The van der Waals surface area contributed by atoms with Crippen molar-refractivity contribution >= 4 is 16.5 Å². The molecule has 0 atom stereocenters. The van der Waals surface area contributed by atoms with Gasteiger partial charge in [0.2, 0.25) is 0 Å². The van der Waals surface area contributed by atoms with E-state index in [9.17, 15) is 0 Å². The molecule has 0 bridgehead atoms. The van der Waals surface area contributed by atoms with Gasteiger partial charge in [0.25, 0.3) is 0 Å². The van der Waals surface area contributed by atoms with Crippen LogP contribution in [0.2, 0.25) is 0 Å². The Kier molecular flexibility index (Phi) is 5.65. The highest BCUT2D eigenvalue weighted by molar-refractivity contribution is 7.13. The first-order valence-corrected chi connectivity index (χ1v) is 6.50. The molecule has 0 saturated heterocycles. The van der Waals surface area contributed by atoms with Crippen molar-refractivity contribution in [3.8, 4) is 0 Å². The van der Waals surface area contributed by atoms with Gasteiger partial charge in [0.1, 0.15) is 0 Å². The fraction of sp³-hybridized carbons (Fsp3) is 0.727. The highest BCUT2D eigenvalue weighted by Gasteiger charge is 2.09. The topological polar surface area (TPSA) is 36.4 Å². The maximum absolute atomic E-state index is 9.00. The minimum atomic E-state index is 0.199. The third-order valence-corrected chi connectivity index (χ3v) is 3.27. The zero-order valence-electron chi connectivity index (χ0n) is 9.57. The lowest BCUT2D eigenvalue weighted by Gasteiger charge is -2.20. The van der Waals surface area contributed by atoms with E-state index in [-0.39, 0.29) is 6.61 Å². The summed E-state index contributed by atoms with van der Waals surface area (Å²) in [5, 5.41) is 12.1. The molecule has 1 rings (SSSR count). The smallest absolute Gasteiger partial charge is 0.185 e. The van der Waals surface area contributed by atoms with E-state index in [2.05, 4.69) is 29.1 Å². The predicted molar refractivity (Wildman–Crippen MR) is 65.7 cm³/mol. The number of rotatable bonds is 7. The number of aliphatic hydroxyl groups excluding tert-OH is 1. The van der Waals surface area contributed by atoms with Gasteiger partial charge in [-0.2, -0.15) is 0 Å². The first-order valence-electron chi connectivity index (χ1n) is 5.62. The number of aromatic nitrogens is 1. The van der Waals surface area contributed by atoms with E-state index < -0.39 is 0 Å². The number of hydrogen-bond donors (Lipinski definition) is 1. The second kappa shape index (κ2) is 6.80. The Morgan fingerprint density at radius 1 is 1.40 bits per heavy atom. The maximum Gasteiger partial charge on any atom is 0.185 e. The second-order valence-electron chi connectivity index (χ2n) is 3.54. The third kappa shape index (κ3) is 3.80. The second-order valence-corrected chi connectivity index (χ2v) is 4.38. The number of anilines is 1. The SMILES string of the molecule is CCCCN(CCO)c1nc(CC)cs1. The van der Waals surface area contributed by atoms with Crippen LogP contribution in [0.4, 0.5) is 5.13 Å². The Morgan fingerprint density at radius 3 is 2.73 bits per heavy atom. The van der Waals surface area contributed by atoms with Gasteiger partial charge in [-0.15, -0.1) is 11.3 Å². The molecule has 0 unspecified atom stereocenters. The molecule has 3 nitrogen and oxygen atoms in total. The van der Waals surface area contributed by atoms with Crippen LogP contribution in [-0.2, 0) is 6.42 Å². The molecule has 86 valence electrons. The molecule has 0 aromatic carbocycles. The fourth-order valence-electron chi connectivity index (χ4n) is 1.38. The zero-order chi connectivity index (χ0) is 11.1. The monoisotopic (exact) mass is 228 g/mol. The van der Waals surface area contributed by atoms with Gasteiger partial charge >= 0.3 is 0 Å². The molecule has 0 fully saturated rings. The standard InChI is InChI=1S/C11H20N2OS/c1-3-5-6-13(7-8-14)11-12-10(4-2)9-15-11/h9,14H,3-8H2,1-2H3. The fourth-order valence-corrected chi connectivity index (χ4v) is 2.34. The van der Waals surface area contributed by atoms with E-state index in [4.69, 9.17) is 5.11 Å². The van der Waals surface area contributed by atoms with Crippen LogP contribution in [0.3, 0.4) is 0 Å². The van der Waals surface area contributed by atoms with Crippen molar-refractivity contribution in [3.05, 3.63) is 11.1 Å². The van der Waals surface area contributed by atoms with Crippen LogP contribution in [-0.4, -0.2) is 29.8 Å². The molecule has 0 aliphatic rings. The average molecular weight is 228 g/mol. The molecule has 0 amide bonds. The predicted octanol–water partition coefficient (Wildman–Crippen LogP) is 2.30. The first kappa shape index (κ1) is 12.5. The van der Waals surface area contributed by atoms with Crippen LogP contribution in [0.5, 0.6) is 0 Å². The molecule has 0 saturated carbocycles. The molecule has 1 aromatic rings. The van der Waals surface area contributed by atoms with Crippen LogP contribution in [0.15, 0.2) is 5.38 Å². The van der Waals surface area contributed by atoms with Crippen LogP contribution >= 0.6 is 11.3 Å². The molecule has 0 aliphatic carbocycles. The molecule has 15 heavy (non-hydrogen) atoms. The minimum absolute atomic E-state index is 0.199. The number of aryl methyl sites for hydroxylation is 1. The number of nitrogens with zero attached hydrogens (tertiary/aromatic N) is 2. The molecule has 0 radical (unpaired) electrons. The van der Waals surface area contributed by atoms with Gasteiger partial charge in [0.05, 0.1) is 12.3 Å². The van der Waals surface area contributed by atoms with Crippen LogP contribution in [0, 0.1) is 0 Å². The summed E-state index contributed by atoms with van der Waals surface area (Å²) in [7, 11) is 0. The molecule has 0 aliphatic heterocycles. The van der Waals surface area contributed by atoms with Gasteiger partial charge in [0.15, 0.2) is 5.13 Å². The maximum atomic E-state index is 9.00. The summed E-state index contributed by atoms with van der Waals surface area (Å²) in [5.41, 5.74) is 1.15. The number of aliphatic hydroxyl groups is 1. The van der Waals surface area contributed by atoms with Crippen LogP contribution < -0.4 is 4.90 Å². The number of hydrogen-bond acceptors (Lipinski definition) is 4. The third-order valence-electron chi connectivity index (χ3n) is 2.32. The van der Waals surface area contributed by atoms with Crippen molar-refractivity contribution in [1.29, 1.82) is 0 Å². The normalized spacial score (nSPS) is 10.6. The van der Waals surface area contributed by atoms with Crippen LogP contribution in [0.25, 0.3) is 0 Å². The summed E-state index contributed by atoms with van der Waals surface area (Å²) in [5.74, 6) is 0. The molecule has 0 spiro atoms. The van der Waals surface area contributed by atoms with E-state index in [0.717, 1.165) is 30.2 Å². The molecule has 1 heterocycles. The highest BCUT2D eigenvalue weighted by atomic mass is 32.1. The van der Waals surface area contributed by atoms with Gasteiger partial charge in [-0.1, -0.05) is 20.3 Å². The lowest BCUT2D eigenvalue weighted by Crippen LogP contribution is -2.27. The van der Waals surface area contributed by atoms with Crippen molar-refractivity contribution in [2.24, 2.45) is 0 Å². The van der Waals surface area contributed by atoms with E-state index >= 15 is 0 Å². The summed E-state index contributed by atoms with van der Waals surface area (Å²) in [4.78, 5) is 6.71. The van der Waals surface area contributed by atoms with Gasteiger partial charge in [-0.25, -0.2) is 4.98 Å².